The first-order chi connectivity index (χ1) is 35.2. The molecular formula is C68H44N2O. The molecule has 2 aromatic heterocycles. The van der Waals surface area contributed by atoms with Crippen LogP contribution in [0.4, 0.5) is 17.1 Å². The van der Waals surface area contributed by atoms with E-state index < -0.39 is 0 Å². The Bertz CT molecular complexity index is 4280. The largest absolute Gasteiger partial charge is 0.455 e. The molecule has 3 heteroatoms. The van der Waals surface area contributed by atoms with E-state index in [1.165, 1.54) is 54.7 Å². The number of fused-ring (bicyclic) bond motifs is 9. The predicted octanol–water partition coefficient (Wildman–Crippen LogP) is 19.1. The molecule has 0 unspecified atom stereocenters. The highest BCUT2D eigenvalue weighted by atomic mass is 16.3. The molecule has 0 bridgehead atoms. The van der Waals surface area contributed by atoms with Crippen LogP contribution in [0.25, 0.3) is 115 Å². The van der Waals surface area contributed by atoms with Crippen molar-refractivity contribution >= 4 is 82.4 Å². The van der Waals surface area contributed by atoms with Crippen molar-refractivity contribution in [2.45, 2.75) is 0 Å². The zero-order valence-electron chi connectivity index (χ0n) is 38.7. The van der Waals surface area contributed by atoms with Gasteiger partial charge in [0.15, 0.2) is 0 Å². The first-order valence-electron chi connectivity index (χ1n) is 24.3. The van der Waals surface area contributed by atoms with Gasteiger partial charge in [0.05, 0.1) is 11.0 Å². The lowest BCUT2D eigenvalue weighted by Gasteiger charge is -2.26. The second-order valence-corrected chi connectivity index (χ2v) is 18.5. The normalized spacial score (nSPS) is 11.7. The van der Waals surface area contributed by atoms with Crippen molar-refractivity contribution in [3.05, 3.63) is 267 Å². The molecule has 0 saturated heterocycles. The van der Waals surface area contributed by atoms with Crippen LogP contribution in [0.2, 0.25) is 0 Å². The van der Waals surface area contributed by atoms with Crippen molar-refractivity contribution in [3.8, 4) is 50.2 Å². The zero-order valence-corrected chi connectivity index (χ0v) is 38.7. The fourth-order valence-electron chi connectivity index (χ4n) is 10.9. The maximum atomic E-state index is 6.84. The van der Waals surface area contributed by atoms with Crippen molar-refractivity contribution < 1.29 is 4.42 Å². The molecule has 14 aromatic rings. The van der Waals surface area contributed by atoms with Crippen LogP contribution in [0.5, 0.6) is 0 Å². The van der Waals surface area contributed by atoms with Gasteiger partial charge in [-0.25, -0.2) is 0 Å². The summed E-state index contributed by atoms with van der Waals surface area (Å²) in [6.07, 6.45) is 0. The Kier molecular flexibility index (Phi) is 9.53. The molecule has 0 aliphatic carbocycles. The van der Waals surface area contributed by atoms with Crippen LogP contribution in [0.1, 0.15) is 0 Å². The molecule has 0 fully saturated rings. The topological polar surface area (TPSA) is 21.3 Å². The van der Waals surface area contributed by atoms with Crippen molar-refractivity contribution in [1.29, 1.82) is 0 Å². The molecule has 0 aliphatic rings. The summed E-state index contributed by atoms with van der Waals surface area (Å²) >= 11 is 0. The summed E-state index contributed by atoms with van der Waals surface area (Å²) in [5, 5.41) is 9.55. The van der Waals surface area contributed by atoms with Crippen LogP contribution in [0, 0.1) is 0 Å². The number of anilines is 3. The highest BCUT2D eigenvalue weighted by Gasteiger charge is 2.19. The molecule has 12 aromatic carbocycles. The molecule has 0 atom stereocenters. The van der Waals surface area contributed by atoms with Gasteiger partial charge in [-0.05, 0) is 128 Å². The van der Waals surface area contributed by atoms with Crippen molar-refractivity contribution in [3.63, 3.8) is 0 Å². The minimum atomic E-state index is 0.894. The Morgan fingerprint density at radius 2 is 0.761 bits per heavy atom. The van der Waals surface area contributed by atoms with Gasteiger partial charge in [0.25, 0.3) is 0 Å². The quantitative estimate of drug-likeness (QED) is 0.151. The monoisotopic (exact) mass is 904 g/mol. The average molecular weight is 905 g/mol. The molecule has 0 spiro atoms. The summed E-state index contributed by atoms with van der Waals surface area (Å²) in [5.41, 5.74) is 17.7. The van der Waals surface area contributed by atoms with Crippen LogP contribution in [-0.2, 0) is 0 Å². The first-order valence-corrected chi connectivity index (χ1v) is 24.3. The van der Waals surface area contributed by atoms with Gasteiger partial charge in [-0.3, -0.25) is 0 Å². The van der Waals surface area contributed by atoms with E-state index in [0.29, 0.717) is 0 Å². The number of furan rings is 1. The standard InChI is InChI=1S/C68H44N2O/c1-2-14-51-42-53(31-30-45(51)12-1)48-28-26-46(27-29-48)47-32-37-55(38-33-47)69(57-17-10-16-54(44-57)60-22-11-23-63-64-41-36-50-13-3-4-19-59(50)67(64)71-68(60)63)56-39-34-49(35-40-56)52-15-9-18-58(43-52)70-65-24-7-5-20-61(65)62-21-6-8-25-66(62)70/h1-44H. The summed E-state index contributed by atoms with van der Waals surface area (Å²) in [4.78, 5) is 2.36. The Labute approximate surface area is 411 Å². The van der Waals surface area contributed by atoms with E-state index in [9.17, 15) is 0 Å². The third kappa shape index (κ3) is 6.97. The third-order valence-corrected chi connectivity index (χ3v) is 14.4. The number of benzene rings is 12. The van der Waals surface area contributed by atoms with Crippen LogP contribution in [0.3, 0.4) is 0 Å². The van der Waals surface area contributed by atoms with E-state index in [1.807, 2.05) is 0 Å². The van der Waals surface area contributed by atoms with Gasteiger partial charge in [0, 0.05) is 55.2 Å². The zero-order chi connectivity index (χ0) is 46.8. The number of aromatic nitrogens is 1. The van der Waals surface area contributed by atoms with Gasteiger partial charge in [-0.1, -0.05) is 194 Å². The van der Waals surface area contributed by atoms with E-state index in [2.05, 4.69) is 276 Å². The van der Waals surface area contributed by atoms with E-state index in [1.54, 1.807) is 0 Å². The van der Waals surface area contributed by atoms with Crippen molar-refractivity contribution in [2.24, 2.45) is 0 Å². The van der Waals surface area contributed by atoms with E-state index in [0.717, 1.165) is 77.9 Å². The first kappa shape index (κ1) is 40.6. The van der Waals surface area contributed by atoms with Crippen LogP contribution in [0.15, 0.2) is 271 Å². The molecule has 14 rings (SSSR count). The summed E-state index contributed by atoms with van der Waals surface area (Å²) in [6, 6.07) is 96.6. The highest BCUT2D eigenvalue weighted by molar-refractivity contribution is 6.17. The van der Waals surface area contributed by atoms with Crippen molar-refractivity contribution in [2.75, 3.05) is 4.90 Å². The molecule has 332 valence electrons. The summed E-state index contributed by atoms with van der Waals surface area (Å²) < 4.78 is 9.22. The van der Waals surface area contributed by atoms with Crippen LogP contribution >= 0.6 is 0 Å². The van der Waals surface area contributed by atoms with E-state index in [-0.39, 0.29) is 0 Å². The van der Waals surface area contributed by atoms with Crippen LogP contribution in [-0.4, -0.2) is 4.57 Å². The molecule has 2 heterocycles. The molecular weight excluding hydrogens is 861 g/mol. The molecule has 0 N–H and O–H groups in total. The Balaban J connectivity index is 0.846. The van der Waals surface area contributed by atoms with E-state index in [4.69, 9.17) is 4.42 Å². The SMILES string of the molecule is c1cc(-c2cccc3c2oc2c4ccccc4ccc32)cc(N(c2ccc(-c3ccc(-c4ccc5ccccc5c4)cc3)cc2)c2ccc(-c3cccc(-n4c5ccccc5c5ccccc54)c3)cc2)c1. The maximum Gasteiger partial charge on any atom is 0.143 e. The fourth-order valence-corrected chi connectivity index (χ4v) is 10.9. The lowest BCUT2D eigenvalue weighted by atomic mass is 9.98. The summed E-state index contributed by atoms with van der Waals surface area (Å²) in [7, 11) is 0. The summed E-state index contributed by atoms with van der Waals surface area (Å²) in [5.74, 6) is 0. The Morgan fingerprint density at radius 3 is 1.46 bits per heavy atom. The number of para-hydroxylation sites is 3. The minimum Gasteiger partial charge on any atom is -0.455 e. The van der Waals surface area contributed by atoms with Crippen molar-refractivity contribution in [1.82, 2.24) is 4.57 Å². The molecule has 3 nitrogen and oxygen atoms in total. The third-order valence-electron chi connectivity index (χ3n) is 14.4. The van der Waals surface area contributed by atoms with Gasteiger partial charge < -0.3 is 13.9 Å². The van der Waals surface area contributed by atoms with Gasteiger partial charge in [0.2, 0.25) is 0 Å². The van der Waals surface area contributed by atoms with Crippen LogP contribution < -0.4 is 4.90 Å². The Morgan fingerprint density at radius 1 is 0.268 bits per heavy atom. The maximum absolute atomic E-state index is 6.84. The fraction of sp³-hybridized carbons (Fsp3) is 0. The lowest BCUT2D eigenvalue weighted by Crippen LogP contribution is -2.10. The molecule has 0 aliphatic heterocycles. The smallest absolute Gasteiger partial charge is 0.143 e. The second kappa shape index (κ2) is 16.7. The average Bonchev–Trinajstić information content (AvgIpc) is 4.00. The summed E-state index contributed by atoms with van der Waals surface area (Å²) in [6.45, 7) is 0. The van der Waals surface area contributed by atoms with Gasteiger partial charge in [0.1, 0.15) is 11.2 Å². The highest BCUT2D eigenvalue weighted by Crippen LogP contribution is 2.43. The number of nitrogens with zero attached hydrogens (tertiary/aromatic N) is 2. The number of hydrogen-bond donors (Lipinski definition) is 0. The van der Waals surface area contributed by atoms with Gasteiger partial charge >= 0.3 is 0 Å². The predicted molar refractivity (Wildman–Crippen MR) is 299 cm³/mol. The van der Waals surface area contributed by atoms with E-state index >= 15 is 0 Å². The molecule has 0 radical (unpaired) electrons. The number of rotatable bonds is 8. The Hall–Kier alpha value is -9.44. The minimum absolute atomic E-state index is 0.894. The molecule has 0 saturated carbocycles. The van der Waals surface area contributed by atoms with Gasteiger partial charge in [-0.2, -0.15) is 0 Å². The number of hydrogen-bond acceptors (Lipinski definition) is 2. The molecule has 71 heavy (non-hydrogen) atoms. The van der Waals surface area contributed by atoms with Gasteiger partial charge in [-0.15, -0.1) is 0 Å². The molecule has 0 amide bonds. The second-order valence-electron chi connectivity index (χ2n) is 18.5. The lowest BCUT2D eigenvalue weighted by molar-refractivity contribution is 0.674.